The van der Waals surface area contributed by atoms with Crippen molar-refractivity contribution in [2.75, 3.05) is 13.1 Å². The molecule has 0 aliphatic heterocycles. The second-order valence-corrected chi connectivity index (χ2v) is 3.77. The molecule has 6 heteroatoms. The number of hydrogen-bond acceptors (Lipinski definition) is 6. The summed E-state index contributed by atoms with van der Waals surface area (Å²) < 4.78 is 0. The summed E-state index contributed by atoms with van der Waals surface area (Å²) in [6, 6.07) is -1.02. The Labute approximate surface area is 94.7 Å². The van der Waals surface area contributed by atoms with Crippen molar-refractivity contribution in [2.24, 2.45) is 11.5 Å². The number of Topliss-reactive ketones (excluding diaryl/α,β-unsaturated/α-hetero) is 3. The molecule has 6 nitrogen and oxygen atoms in total. The Kier molecular flexibility index (Phi) is 5.43. The molecular formula is C10H19N3O3. The molecule has 0 saturated carbocycles. The van der Waals surface area contributed by atoms with Crippen molar-refractivity contribution in [1.82, 2.24) is 5.32 Å². The van der Waals surface area contributed by atoms with E-state index in [4.69, 9.17) is 11.5 Å². The first-order valence-corrected chi connectivity index (χ1v) is 5.03. The highest BCUT2D eigenvalue weighted by molar-refractivity contribution is 6.14. The van der Waals surface area contributed by atoms with Crippen molar-refractivity contribution in [3.05, 3.63) is 0 Å². The van der Waals surface area contributed by atoms with E-state index in [2.05, 4.69) is 5.32 Å². The highest BCUT2D eigenvalue weighted by Crippen LogP contribution is 2.12. The van der Waals surface area contributed by atoms with E-state index in [0.717, 1.165) is 0 Å². The van der Waals surface area contributed by atoms with E-state index in [9.17, 15) is 14.4 Å². The van der Waals surface area contributed by atoms with Crippen LogP contribution in [0.4, 0.5) is 0 Å². The summed E-state index contributed by atoms with van der Waals surface area (Å²) in [5.74, 6) is -1.43. The van der Waals surface area contributed by atoms with Crippen LogP contribution in [0.15, 0.2) is 0 Å². The van der Waals surface area contributed by atoms with Crippen molar-refractivity contribution < 1.29 is 14.4 Å². The van der Waals surface area contributed by atoms with E-state index in [1.165, 1.54) is 20.8 Å². The Balaban J connectivity index is 5.19. The molecule has 16 heavy (non-hydrogen) atoms. The van der Waals surface area contributed by atoms with Crippen LogP contribution >= 0.6 is 0 Å². The molecule has 0 bridgehead atoms. The highest BCUT2D eigenvalue weighted by Gasteiger charge is 2.46. The molecule has 0 heterocycles. The Morgan fingerprint density at radius 1 is 1.19 bits per heavy atom. The van der Waals surface area contributed by atoms with Gasteiger partial charge in [0.1, 0.15) is 5.78 Å². The summed E-state index contributed by atoms with van der Waals surface area (Å²) in [4.78, 5) is 34.3. The standard InChI is InChI=1S/C10H19N3O3/c1-6(14)9(13-5-4-11)10(12,7(2)15)8(3)16/h9,13H,4-5,11-12H2,1-3H3. The number of nitrogens with one attached hydrogen (secondary N) is 1. The van der Waals surface area contributed by atoms with Gasteiger partial charge in [-0.25, -0.2) is 0 Å². The zero-order chi connectivity index (χ0) is 12.9. The quantitative estimate of drug-likeness (QED) is 0.451. The van der Waals surface area contributed by atoms with Crippen LogP contribution < -0.4 is 16.8 Å². The number of nitrogens with two attached hydrogens (primary N) is 2. The van der Waals surface area contributed by atoms with Gasteiger partial charge in [-0.2, -0.15) is 0 Å². The largest absolute Gasteiger partial charge is 0.329 e. The van der Waals surface area contributed by atoms with Crippen LogP contribution in [-0.2, 0) is 14.4 Å². The topological polar surface area (TPSA) is 115 Å². The number of ketones is 3. The number of hydrogen-bond donors (Lipinski definition) is 3. The van der Waals surface area contributed by atoms with Gasteiger partial charge in [-0.1, -0.05) is 0 Å². The lowest BCUT2D eigenvalue weighted by Gasteiger charge is -2.31. The number of carbonyl (C=O) groups is 3. The van der Waals surface area contributed by atoms with E-state index in [0.29, 0.717) is 6.54 Å². The van der Waals surface area contributed by atoms with Crippen LogP contribution in [-0.4, -0.2) is 42.0 Å². The van der Waals surface area contributed by atoms with Crippen molar-refractivity contribution in [3.63, 3.8) is 0 Å². The summed E-state index contributed by atoms with van der Waals surface area (Å²) in [5.41, 5.74) is 9.23. The molecule has 0 amide bonds. The zero-order valence-electron chi connectivity index (χ0n) is 9.87. The van der Waals surface area contributed by atoms with Gasteiger partial charge in [0.2, 0.25) is 0 Å². The minimum absolute atomic E-state index is 0.287. The predicted molar refractivity (Wildman–Crippen MR) is 59.8 cm³/mol. The molecule has 0 rings (SSSR count). The first-order valence-electron chi connectivity index (χ1n) is 5.03. The van der Waals surface area contributed by atoms with Crippen molar-refractivity contribution in [2.45, 2.75) is 32.4 Å². The van der Waals surface area contributed by atoms with Crippen LogP contribution in [0.1, 0.15) is 20.8 Å². The van der Waals surface area contributed by atoms with Crippen LogP contribution in [0.5, 0.6) is 0 Å². The minimum atomic E-state index is -1.80. The molecule has 0 radical (unpaired) electrons. The maximum atomic E-state index is 11.4. The van der Waals surface area contributed by atoms with Crippen LogP contribution in [0.25, 0.3) is 0 Å². The molecule has 0 aliphatic carbocycles. The molecule has 1 atom stereocenters. The summed E-state index contributed by atoms with van der Waals surface area (Å²) in [6.45, 7) is 4.27. The van der Waals surface area contributed by atoms with Crippen molar-refractivity contribution in [1.29, 1.82) is 0 Å². The van der Waals surface area contributed by atoms with E-state index in [-0.39, 0.29) is 12.3 Å². The Morgan fingerprint density at radius 2 is 1.62 bits per heavy atom. The van der Waals surface area contributed by atoms with Crippen LogP contribution in [0.2, 0.25) is 0 Å². The predicted octanol–water partition coefficient (Wildman–Crippen LogP) is -1.63. The lowest BCUT2D eigenvalue weighted by molar-refractivity contribution is -0.138. The number of carbonyl (C=O) groups excluding carboxylic acids is 3. The Bertz CT molecular complexity index is 288. The third-order valence-electron chi connectivity index (χ3n) is 2.52. The molecule has 0 fully saturated rings. The number of rotatable bonds is 7. The lowest BCUT2D eigenvalue weighted by atomic mass is 9.81. The van der Waals surface area contributed by atoms with E-state index >= 15 is 0 Å². The van der Waals surface area contributed by atoms with Gasteiger partial charge in [-0.3, -0.25) is 14.4 Å². The second-order valence-electron chi connectivity index (χ2n) is 3.77. The third kappa shape index (κ3) is 2.94. The lowest BCUT2D eigenvalue weighted by Crippen LogP contribution is -2.68. The van der Waals surface area contributed by atoms with Crippen LogP contribution in [0.3, 0.4) is 0 Å². The monoisotopic (exact) mass is 229 g/mol. The molecular weight excluding hydrogens is 210 g/mol. The van der Waals surface area contributed by atoms with Gasteiger partial charge < -0.3 is 16.8 Å². The normalized spacial score (nSPS) is 13.3. The molecule has 92 valence electrons. The molecule has 0 aliphatic rings. The molecule has 1 unspecified atom stereocenters. The summed E-state index contributed by atoms with van der Waals surface area (Å²) in [6.07, 6.45) is 0. The maximum absolute atomic E-state index is 11.4. The summed E-state index contributed by atoms with van der Waals surface area (Å²) in [7, 11) is 0. The molecule has 0 aromatic heterocycles. The van der Waals surface area contributed by atoms with Crippen molar-refractivity contribution >= 4 is 17.3 Å². The first-order chi connectivity index (χ1) is 7.28. The van der Waals surface area contributed by atoms with Gasteiger partial charge in [0, 0.05) is 13.1 Å². The first kappa shape index (κ1) is 14.9. The van der Waals surface area contributed by atoms with Gasteiger partial charge in [0.25, 0.3) is 0 Å². The van der Waals surface area contributed by atoms with Gasteiger partial charge >= 0.3 is 0 Å². The molecule has 0 aromatic rings. The van der Waals surface area contributed by atoms with Crippen molar-refractivity contribution in [3.8, 4) is 0 Å². The molecule has 0 saturated heterocycles. The fraction of sp³-hybridized carbons (Fsp3) is 0.700. The van der Waals surface area contributed by atoms with Gasteiger partial charge in [0.05, 0.1) is 6.04 Å². The van der Waals surface area contributed by atoms with Crippen LogP contribution in [0, 0.1) is 0 Å². The fourth-order valence-corrected chi connectivity index (χ4v) is 1.51. The fourth-order valence-electron chi connectivity index (χ4n) is 1.51. The Morgan fingerprint density at radius 3 is 1.88 bits per heavy atom. The third-order valence-corrected chi connectivity index (χ3v) is 2.52. The molecule has 0 aromatic carbocycles. The molecule has 0 spiro atoms. The highest BCUT2D eigenvalue weighted by atomic mass is 16.2. The van der Waals surface area contributed by atoms with Gasteiger partial charge in [-0.15, -0.1) is 0 Å². The minimum Gasteiger partial charge on any atom is -0.329 e. The van der Waals surface area contributed by atoms with Gasteiger partial charge in [0.15, 0.2) is 17.1 Å². The second kappa shape index (κ2) is 5.83. The smallest absolute Gasteiger partial charge is 0.159 e. The average molecular weight is 229 g/mol. The average Bonchev–Trinajstić information content (AvgIpc) is 2.16. The van der Waals surface area contributed by atoms with E-state index in [1.54, 1.807) is 0 Å². The van der Waals surface area contributed by atoms with Gasteiger partial charge in [-0.05, 0) is 20.8 Å². The SMILES string of the molecule is CC(=O)C(NCCN)C(N)(C(C)=O)C(C)=O. The Hall–Kier alpha value is -1.11. The molecule has 5 N–H and O–H groups in total. The zero-order valence-corrected chi connectivity index (χ0v) is 9.87. The summed E-state index contributed by atoms with van der Waals surface area (Å²) in [5, 5.41) is 2.73. The maximum Gasteiger partial charge on any atom is 0.159 e. The van der Waals surface area contributed by atoms with E-state index < -0.39 is 23.1 Å². The van der Waals surface area contributed by atoms with E-state index in [1.807, 2.05) is 0 Å². The summed E-state index contributed by atoms with van der Waals surface area (Å²) >= 11 is 0.